The third kappa shape index (κ3) is 13.0. The number of carboxylic acids is 1. The zero-order valence-corrected chi connectivity index (χ0v) is 29.0. The van der Waals surface area contributed by atoms with Crippen LogP contribution >= 0.6 is 0 Å². The van der Waals surface area contributed by atoms with Crippen molar-refractivity contribution < 1.29 is 19.5 Å². The number of aliphatic carboxylic acids is 1. The maximum atomic E-state index is 13.7. The Morgan fingerprint density at radius 2 is 1.48 bits per heavy atom. The smallest absolute Gasteiger partial charge is 0.320 e. The zero-order valence-electron chi connectivity index (χ0n) is 29.0. The Morgan fingerprint density at radius 1 is 0.812 bits per heavy atom. The topological polar surface area (TPSA) is 172 Å². The molecule has 0 aliphatic rings. The molecule has 0 saturated heterocycles. The number of carbonyl (C=O) groups is 3. The van der Waals surface area contributed by atoms with Gasteiger partial charge in [-0.15, -0.1) is 0 Å². The summed E-state index contributed by atoms with van der Waals surface area (Å²) in [6.45, 7) is 8.51. The lowest BCUT2D eigenvalue weighted by Gasteiger charge is -2.31. The van der Waals surface area contributed by atoms with Gasteiger partial charge < -0.3 is 37.8 Å². The van der Waals surface area contributed by atoms with Gasteiger partial charge in [0.1, 0.15) is 11.6 Å². The number of hydrogen-bond donors (Lipinski definition) is 7. The minimum absolute atomic E-state index is 0.189. The third-order valence-electron chi connectivity index (χ3n) is 8.48. The van der Waals surface area contributed by atoms with Crippen LogP contribution in [-0.2, 0) is 27.2 Å². The maximum Gasteiger partial charge on any atom is 0.320 e. The van der Waals surface area contributed by atoms with Gasteiger partial charge in [-0.05, 0) is 80.3 Å². The number of carboxylic acid groups (broad SMARTS) is 1. The van der Waals surface area contributed by atoms with Crippen LogP contribution in [0, 0.1) is 5.92 Å². The molecule has 0 radical (unpaired) electrons. The number of amides is 2. The fourth-order valence-corrected chi connectivity index (χ4v) is 5.77. The third-order valence-corrected chi connectivity index (χ3v) is 8.48. The van der Waals surface area contributed by atoms with E-state index in [4.69, 9.17) is 11.5 Å². The number of rotatable bonds is 21. The Bertz CT molecular complexity index is 1450. The van der Waals surface area contributed by atoms with Crippen molar-refractivity contribution in [1.82, 2.24) is 21.3 Å². The Labute approximate surface area is 285 Å². The molecule has 0 unspecified atom stereocenters. The van der Waals surface area contributed by atoms with E-state index >= 15 is 0 Å². The van der Waals surface area contributed by atoms with E-state index in [2.05, 4.69) is 51.6 Å². The second kappa shape index (κ2) is 19.2. The summed E-state index contributed by atoms with van der Waals surface area (Å²) in [4.78, 5) is 39.2. The molecule has 0 aromatic heterocycles. The van der Waals surface area contributed by atoms with E-state index in [-0.39, 0.29) is 30.3 Å². The molecule has 0 bridgehead atoms. The van der Waals surface area contributed by atoms with Crippen molar-refractivity contribution in [1.29, 1.82) is 0 Å². The first-order chi connectivity index (χ1) is 22.9. The van der Waals surface area contributed by atoms with E-state index in [1.54, 1.807) is 13.8 Å². The van der Waals surface area contributed by atoms with E-state index in [0.717, 1.165) is 29.4 Å². The standard InChI is InChI=1S/C38H56N6O4/c1-26(2)20-34(36(46)47)42-25-32(23-27-12-6-5-7-13-27)43-37(48)38(3,4)44-35(45)33(16-10-11-19-39)41-24-31(40)22-28-17-18-29-14-8-9-15-30(29)21-28/h5-9,12-15,17-18,21,26,31-34,41-42H,10-11,16,19-20,22-25,39-40H2,1-4H3,(H,43,48)(H,44,45)(H,46,47)/t31-,32-,33-,34-/m0/s1. The van der Waals surface area contributed by atoms with Crippen LogP contribution in [0.5, 0.6) is 0 Å². The molecule has 4 atom stereocenters. The molecule has 48 heavy (non-hydrogen) atoms. The average Bonchev–Trinajstić information content (AvgIpc) is 3.04. The second-order valence-corrected chi connectivity index (χ2v) is 13.8. The summed E-state index contributed by atoms with van der Waals surface area (Å²) in [5.74, 6) is -1.38. The minimum Gasteiger partial charge on any atom is -0.480 e. The predicted molar refractivity (Wildman–Crippen MR) is 194 cm³/mol. The molecule has 0 heterocycles. The fraction of sp³-hybridized carbons (Fsp3) is 0.500. The van der Waals surface area contributed by atoms with Crippen LogP contribution in [0.4, 0.5) is 0 Å². The van der Waals surface area contributed by atoms with E-state index in [1.807, 2.05) is 56.3 Å². The molecule has 3 rings (SSSR count). The molecule has 0 saturated carbocycles. The molecule has 9 N–H and O–H groups in total. The van der Waals surface area contributed by atoms with Gasteiger partial charge in [-0.25, -0.2) is 0 Å². The highest BCUT2D eigenvalue weighted by atomic mass is 16.4. The highest BCUT2D eigenvalue weighted by molar-refractivity contribution is 5.92. The highest BCUT2D eigenvalue weighted by Gasteiger charge is 2.34. The van der Waals surface area contributed by atoms with Crippen molar-refractivity contribution >= 4 is 28.6 Å². The highest BCUT2D eigenvalue weighted by Crippen LogP contribution is 2.17. The van der Waals surface area contributed by atoms with Gasteiger partial charge in [-0.2, -0.15) is 0 Å². The summed E-state index contributed by atoms with van der Waals surface area (Å²) in [5.41, 5.74) is 13.1. The van der Waals surface area contributed by atoms with Gasteiger partial charge in [0.15, 0.2) is 0 Å². The number of carbonyl (C=O) groups excluding carboxylic acids is 2. The van der Waals surface area contributed by atoms with Crippen molar-refractivity contribution in [2.24, 2.45) is 17.4 Å². The van der Waals surface area contributed by atoms with Gasteiger partial charge in [-0.1, -0.05) is 93.1 Å². The van der Waals surface area contributed by atoms with E-state index in [9.17, 15) is 19.5 Å². The van der Waals surface area contributed by atoms with Crippen molar-refractivity contribution in [2.75, 3.05) is 19.6 Å². The number of fused-ring (bicyclic) bond motifs is 1. The van der Waals surface area contributed by atoms with Crippen LogP contribution in [-0.4, -0.2) is 72.2 Å². The monoisotopic (exact) mass is 660 g/mol. The Hall–Kier alpha value is -3.83. The van der Waals surface area contributed by atoms with E-state index in [1.165, 1.54) is 5.39 Å². The van der Waals surface area contributed by atoms with Crippen molar-refractivity contribution in [3.05, 3.63) is 83.9 Å². The van der Waals surface area contributed by atoms with Crippen molar-refractivity contribution in [3.8, 4) is 0 Å². The van der Waals surface area contributed by atoms with E-state index in [0.29, 0.717) is 38.8 Å². The normalized spacial score (nSPS) is 14.3. The number of benzene rings is 3. The number of hydrogen-bond acceptors (Lipinski definition) is 7. The Balaban J connectivity index is 1.64. The SMILES string of the molecule is CC(C)C[C@H](NC[C@H](Cc1ccccc1)NC(=O)C(C)(C)NC(=O)[C@H](CCCCN)NC[C@@H](N)Cc1ccc2ccccc2c1)C(=O)O. The molecule has 10 heteroatoms. The number of nitrogens with two attached hydrogens (primary N) is 2. The quantitative estimate of drug-likeness (QED) is 0.0851. The molecule has 0 spiro atoms. The fourth-order valence-electron chi connectivity index (χ4n) is 5.77. The van der Waals surface area contributed by atoms with Crippen LogP contribution in [0.15, 0.2) is 72.8 Å². The summed E-state index contributed by atoms with van der Waals surface area (Å²) < 4.78 is 0. The lowest BCUT2D eigenvalue weighted by atomic mass is 9.99. The zero-order chi connectivity index (χ0) is 35.1. The summed E-state index contributed by atoms with van der Waals surface area (Å²) in [6.07, 6.45) is 3.69. The first kappa shape index (κ1) is 38.6. The van der Waals surface area contributed by atoms with Crippen LogP contribution in [0.2, 0.25) is 0 Å². The van der Waals surface area contributed by atoms with Crippen LogP contribution < -0.4 is 32.7 Å². The van der Waals surface area contributed by atoms with Crippen LogP contribution in [0.3, 0.4) is 0 Å². The largest absolute Gasteiger partial charge is 0.480 e. The van der Waals surface area contributed by atoms with Gasteiger partial charge in [0.25, 0.3) is 0 Å². The van der Waals surface area contributed by atoms with Crippen LogP contribution in [0.25, 0.3) is 10.8 Å². The van der Waals surface area contributed by atoms with Gasteiger partial charge in [0.2, 0.25) is 11.8 Å². The van der Waals surface area contributed by atoms with Gasteiger partial charge in [0, 0.05) is 25.2 Å². The Kier molecular flexibility index (Phi) is 15.5. The molecule has 0 aliphatic carbocycles. The summed E-state index contributed by atoms with van der Waals surface area (Å²) in [7, 11) is 0. The molecular weight excluding hydrogens is 604 g/mol. The number of nitrogens with one attached hydrogen (secondary N) is 4. The van der Waals surface area contributed by atoms with Crippen molar-refractivity contribution in [2.45, 2.75) is 95.9 Å². The minimum atomic E-state index is -1.24. The average molecular weight is 661 g/mol. The summed E-state index contributed by atoms with van der Waals surface area (Å²) >= 11 is 0. The molecule has 0 aliphatic heterocycles. The van der Waals surface area contributed by atoms with Gasteiger partial charge in [0.05, 0.1) is 6.04 Å². The molecule has 0 fully saturated rings. The van der Waals surface area contributed by atoms with Gasteiger partial charge >= 0.3 is 5.97 Å². The lowest BCUT2D eigenvalue weighted by molar-refractivity contribution is -0.140. The lowest BCUT2D eigenvalue weighted by Crippen LogP contribution is -2.61. The Morgan fingerprint density at radius 3 is 2.15 bits per heavy atom. The van der Waals surface area contributed by atoms with Crippen LogP contribution in [0.1, 0.15) is 64.5 Å². The predicted octanol–water partition coefficient (Wildman–Crippen LogP) is 3.51. The summed E-state index contributed by atoms with van der Waals surface area (Å²) in [6, 6.07) is 22.3. The first-order valence-corrected chi connectivity index (χ1v) is 17.2. The molecule has 3 aromatic carbocycles. The number of unbranched alkanes of at least 4 members (excludes halogenated alkanes) is 1. The first-order valence-electron chi connectivity index (χ1n) is 17.2. The van der Waals surface area contributed by atoms with Gasteiger partial charge in [-0.3, -0.25) is 14.4 Å². The molecule has 10 nitrogen and oxygen atoms in total. The maximum absolute atomic E-state index is 13.7. The summed E-state index contributed by atoms with van der Waals surface area (Å²) in [5, 5.41) is 24.6. The second-order valence-electron chi connectivity index (χ2n) is 13.8. The molecule has 262 valence electrons. The molecular formula is C38H56N6O4. The van der Waals surface area contributed by atoms with Crippen molar-refractivity contribution in [3.63, 3.8) is 0 Å². The molecule has 2 amide bonds. The molecule has 3 aromatic rings. The van der Waals surface area contributed by atoms with E-state index < -0.39 is 29.6 Å².